The average Bonchev–Trinajstić information content (AvgIpc) is 2.38. The number of nitrogens with one attached hydrogen (secondary N) is 1. The predicted octanol–water partition coefficient (Wildman–Crippen LogP) is 0.244. The summed E-state index contributed by atoms with van der Waals surface area (Å²) in [7, 11) is 1.48. The van der Waals surface area contributed by atoms with Crippen LogP contribution in [-0.4, -0.2) is 41.5 Å². The molecule has 1 aromatic carbocycles. The molecule has 1 aromatic rings. The van der Waals surface area contributed by atoms with Gasteiger partial charge in [-0.15, -0.1) is 0 Å². The highest BCUT2D eigenvalue weighted by Gasteiger charge is 2.30. The van der Waals surface area contributed by atoms with Gasteiger partial charge in [-0.1, -0.05) is 24.3 Å². The van der Waals surface area contributed by atoms with Gasteiger partial charge in [-0.3, -0.25) is 10.1 Å². The van der Waals surface area contributed by atoms with Gasteiger partial charge in [0, 0.05) is 13.1 Å². The fourth-order valence-corrected chi connectivity index (χ4v) is 2.22. The summed E-state index contributed by atoms with van der Waals surface area (Å²) in [4.78, 5) is 24.6. The number of rotatable bonds is 3. The van der Waals surface area contributed by atoms with Gasteiger partial charge >= 0.3 is 5.97 Å². The zero-order chi connectivity index (χ0) is 13.1. The van der Waals surface area contributed by atoms with Gasteiger partial charge in [0.05, 0.1) is 0 Å². The van der Waals surface area contributed by atoms with Crippen LogP contribution in [0.2, 0.25) is 0 Å². The van der Waals surface area contributed by atoms with Crippen LogP contribution in [0, 0.1) is 0 Å². The van der Waals surface area contributed by atoms with Crippen molar-refractivity contribution >= 4 is 11.9 Å². The number of carboxylic acids is 1. The first-order valence-electron chi connectivity index (χ1n) is 5.89. The Hall–Kier alpha value is -1.88. The highest BCUT2D eigenvalue weighted by atomic mass is 16.4. The van der Waals surface area contributed by atoms with Crippen molar-refractivity contribution in [3.05, 3.63) is 35.4 Å². The quantitative estimate of drug-likeness (QED) is 0.752. The predicted molar refractivity (Wildman–Crippen MR) is 66.0 cm³/mol. The van der Waals surface area contributed by atoms with E-state index in [0.717, 1.165) is 12.0 Å². The molecule has 0 saturated carbocycles. The summed E-state index contributed by atoms with van der Waals surface area (Å²) in [5, 5.41) is 11.5. The van der Waals surface area contributed by atoms with Gasteiger partial charge < -0.3 is 10.0 Å². The molecule has 0 fully saturated rings. The van der Waals surface area contributed by atoms with Gasteiger partial charge in [-0.25, -0.2) is 4.79 Å². The number of hydrogen-bond acceptors (Lipinski definition) is 3. The lowest BCUT2D eigenvalue weighted by Gasteiger charge is -2.30. The maximum absolute atomic E-state index is 12.1. The van der Waals surface area contributed by atoms with E-state index < -0.39 is 12.0 Å². The van der Waals surface area contributed by atoms with Crippen LogP contribution in [0.5, 0.6) is 0 Å². The van der Waals surface area contributed by atoms with Crippen LogP contribution in [0.25, 0.3) is 0 Å². The first-order valence-corrected chi connectivity index (χ1v) is 5.89. The van der Waals surface area contributed by atoms with Crippen LogP contribution < -0.4 is 5.32 Å². The molecule has 2 N–H and O–H groups in total. The summed E-state index contributed by atoms with van der Waals surface area (Å²) in [6.07, 6.45) is 0.776. The molecule has 0 saturated heterocycles. The molecule has 1 aliphatic heterocycles. The Bertz CT molecular complexity index is 473. The van der Waals surface area contributed by atoms with Gasteiger partial charge in [-0.05, 0) is 24.6 Å². The highest BCUT2D eigenvalue weighted by Crippen LogP contribution is 2.18. The molecule has 96 valence electrons. The van der Waals surface area contributed by atoms with Crippen LogP contribution in [-0.2, 0) is 22.6 Å². The number of likely N-dealkylation sites (N-methyl/N-ethyl adjacent to an activating group) is 1. The number of benzene rings is 1. The molecule has 0 radical (unpaired) electrons. The van der Waals surface area contributed by atoms with Crippen molar-refractivity contribution < 1.29 is 14.7 Å². The average molecular weight is 248 g/mol. The molecule has 0 bridgehead atoms. The van der Waals surface area contributed by atoms with E-state index in [2.05, 4.69) is 5.32 Å². The molecule has 2 rings (SSSR count). The first-order chi connectivity index (χ1) is 8.63. The minimum absolute atomic E-state index is 0.375. The maximum atomic E-state index is 12.1. The topological polar surface area (TPSA) is 69.6 Å². The Morgan fingerprint density at radius 1 is 1.33 bits per heavy atom. The SMILES string of the molecule is CNC(C(=O)O)C(=O)N1CCc2ccccc2C1. The molecule has 1 amide bonds. The number of fused-ring (bicyclic) bond motifs is 1. The maximum Gasteiger partial charge on any atom is 0.330 e. The van der Waals surface area contributed by atoms with Crippen LogP contribution in [0.4, 0.5) is 0 Å². The molecule has 0 aliphatic carbocycles. The van der Waals surface area contributed by atoms with Crippen molar-refractivity contribution in [1.29, 1.82) is 0 Å². The largest absolute Gasteiger partial charge is 0.480 e. The van der Waals surface area contributed by atoms with Gasteiger partial charge in [0.25, 0.3) is 5.91 Å². The van der Waals surface area contributed by atoms with Crippen molar-refractivity contribution in [2.75, 3.05) is 13.6 Å². The first kappa shape index (κ1) is 12.6. The van der Waals surface area contributed by atoms with E-state index in [1.165, 1.54) is 12.6 Å². The zero-order valence-electron chi connectivity index (χ0n) is 10.2. The molecular formula is C13H16N2O3. The number of carbonyl (C=O) groups is 2. The molecular weight excluding hydrogens is 232 g/mol. The highest BCUT2D eigenvalue weighted by molar-refractivity contribution is 6.01. The number of amides is 1. The fourth-order valence-electron chi connectivity index (χ4n) is 2.22. The number of carbonyl (C=O) groups excluding carboxylic acids is 1. The minimum Gasteiger partial charge on any atom is -0.480 e. The summed E-state index contributed by atoms with van der Waals surface area (Å²) in [6.45, 7) is 1.06. The molecule has 0 spiro atoms. The summed E-state index contributed by atoms with van der Waals surface area (Å²) >= 11 is 0. The van der Waals surface area contributed by atoms with Gasteiger partial charge in [-0.2, -0.15) is 0 Å². The number of hydrogen-bond donors (Lipinski definition) is 2. The van der Waals surface area contributed by atoms with Crippen LogP contribution >= 0.6 is 0 Å². The van der Waals surface area contributed by atoms with Crippen LogP contribution in [0.15, 0.2) is 24.3 Å². The second-order valence-corrected chi connectivity index (χ2v) is 4.34. The Morgan fingerprint density at radius 3 is 2.61 bits per heavy atom. The summed E-state index contributed by atoms with van der Waals surface area (Å²) < 4.78 is 0. The molecule has 18 heavy (non-hydrogen) atoms. The molecule has 1 unspecified atom stereocenters. The number of aliphatic carboxylic acids is 1. The van der Waals surface area contributed by atoms with Gasteiger partial charge in [0.1, 0.15) is 0 Å². The van der Waals surface area contributed by atoms with Gasteiger partial charge in [0.15, 0.2) is 6.04 Å². The standard InChI is InChI=1S/C13H16N2O3/c1-14-11(13(17)18)12(16)15-7-6-9-4-2-3-5-10(9)8-15/h2-5,11,14H,6-8H2,1H3,(H,17,18). The Kier molecular flexibility index (Phi) is 3.62. The van der Waals surface area contributed by atoms with E-state index in [-0.39, 0.29) is 5.91 Å². The number of carboxylic acid groups (broad SMARTS) is 1. The summed E-state index contributed by atoms with van der Waals surface area (Å²) in [5.41, 5.74) is 2.33. The van der Waals surface area contributed by atoms with Gasteiger partial charge in [0.2, 0.25) is 0 Å². The van der Waals surface area contributed by atoms with E-state index >= 15 is 0 Å². The third-order valence-electron chi connectivity index (χ3n) is 3.22. The third kappa shape index (κ3) is 2.36. The Morgan fingerprint density at radius 2 is 2.00 bits per heavy atom. The van der Waals surface area contributed by atoms with E-state index in [1.807, 2.05) is 24.3 Å². The molecule has 0 aromatic heterocycles. The lowest BCUT2D eigenvalue weighted by Crippen LogP contribution is -2.50. The third-order valence-corrected chi connectivity index (χ3v) is 3.22. The van der Waals surface area contributed by atoms with Crippen LogP contribution in [0.3, 0.4) is 0 Å². The normalized spacial score (nSPS) is 15.9. The lowest BCUT2D eigenvalue weighted by molar-refractivity contribution is -0.148. The van der Waals surface area contributed by atoms with Crippen molar-refractivity contribution in [2.45, 2.75) is 19.0 Å². The smallest absolute Gasteiger partial charge is 0.330 e. The van der Waals surface area contributed by atoms with Crippen molar-refractivity contribution in [1.82, 2.24) is 10.2 Å². The van der Waals surface area contributed by atoms with Crippen molar-refractivity contribution in [3.63, 3.8) is 0 Å². The lowest BCUT2D eigenvalue weighted by atomic mass is 9.99. The molecule has 5 heteroatoms. The van der Waals surface area contributed by atoms with Crippen LogP contribution in [0.1, 0.15) is 11.1 Å². The molecule has 5 nitrogen and oxygen atoms in total. The zero-order valence-corrected chi connectivity index (χ0v) is 10.2. The number of nitrogens with zero attached hydrogens (tertiary/aromatic N) is 1. The van der Waals surface area contributed by atoms with E-state index in [0.29, 0.717) is 13.1 Å². The Labute approximate surface area is 105 Å². The Balaban J connectivity index is 2.13. The van der Waals surface area contributed by atoms with E-state index in [4.69, 9.17) is 5.11 Å². The van der Waals surface area contributed by atoms with Crippen molar-refractivity contribution in [2.24, 2.45) is 0 Å². The van der Waals surface area contributed by atoms with E-state index in [1.54, 1.807) is 4.90 Å². The summed E-state index contributed by atoms with van der Waals surface area (Å²) in [5.74, 6) is -1.51. The molecule has 1 atom stereocenters. The second-order valence-electron chi connectivity index (χ2n) is 4.34. The fraction of sp³-hybridized carbons (Fsp3) is 0.385. The van der Waals surface area contributed by atoms with Crippen molar-refractivity contribution in [3.8, 4) is 0 Å². The molecule has 1 aliphatic rings. The van der Waals surface area contributed by atoms with E-state index in [9.17, 15) is 9.59 Å². The molecule has 1 heterocycles. The monoisotopic (exact) mass is 248 g/mol. The minimum atomic E-state index is -1.16. The second kappa shape index (κ2) is 5.18. The summed E-state index contributed by atoms with van der Waals surface area (Å²) in [6, 6.07) is 6.77.